The van der Waals surface area contributed by atoms with Crippen LogP contribution in [0.5, 0.6) is 17.2 Å². The Labute approximate surface area is 207 Å². The average Bonchev–Trinajstić information content (AvgIpc) is 2.87. The third kappa shape index (κ3) is 7.00. The maximum atomic E-state index is 12.5. The molecule has 0 heterocycles. The van der Waals surface area contributed by atoms with Crippen molar-refractivity contribution in [1.29, 1.82) is 5.26 Å². The van der Waals surface area contributed by atoms with E-state index in [2.05, 4.69) is 10.6 Å². The average molecular weight is 492 g/mol. The minimum atomic E-state index is -0.565. The van der Waals surface area contributed by atoms with Crippen molar-refractivity contribution in [2.45, 2.75) is 0 Å². The Hall–Kier alpha value is -4.48. The van der Waals surface area contributed by atoms with E-state index in [1.165, 1.54) is 19.3 Å². The summed E-state index contributed by atoms with van der Waals surface area (Å²) >= 11 is 6.36. The first kappa shape index (κ1) is 25.1. The van der Waals surface area contributed by atoms with E-state index in [9.17, 15) is 14.9 Å². The fourth-order valence-electron chi connectivity index (χ4n) is 3.01. The van der Waals surface area contributed by atoms with Gasteiger partial charge in [0.25, 0.3) is 11.8 Å². The first-order valence-corrected chi connectivity index (χ1v) is 10.7. The summed E-state index contributed by atoms with van der Waals surface area (Å²) in [4.78, 5) is 24.8. The SMILES string of the molecule is COc1ccc(NC(=O)COc2c(Cl)cc(/C=C(\C#N)C(=O)Nc3ccccc3)cc2OC)cc1. The van der Waals surface area contributed by atoms with Gasteiger partial charge in [0.1, 0.15) is 17.4 Å². The largest absolute Gasteiger partial charge is 0.497 e. The van der Waals surface area contributed by atoms with E-state index >= 15 is 0 Å². The van der Waals surface area contributed by atoms with Crippen molar-refractivity contribution in [3.63, 3.8) is 0 Å². The Bertz CT molecular complexity index is 1270. The van der Waals surface area contributed by atoms with Crippen LogP contribution < -0.4 is 24.8 Å². The Morgan fingerprint density at radius 1 is 0.971 bits per heavy atom. The van der Waals surface area contributed by atoms with Crippen molar-refractivity contribution in [3.8, 4) is 23.3 Å². The highest BCUT2D eigenvalue weighted by Crippen LogP contribution is 2.37. The number of halogens is 1. The van der Waals surface area contributed by atoms with Gasteiger partial charge in [-0.2, -0.15) is 5.26 Å². The normalized spacial score (nSPS) is 10.6. The van der Waals surface area contributed by atoms with E-state index in [1.807, 2.05) is 12.1 Å². The molecule has 0 aliphatic heterocycles. The Balaban J connectivity index is 1.71. The molecule has 8 nitrogen and oxygen atoms in total. The predicted octanol–water partition coefficient (Wildman–Crippen LogP) is 4.92. The van der Waals surface area contributed by atoms with Gasteiger partial charge < -0.3 is 24.8 Å². The standard InChI is InChI=1S/C26H22ClN3O5/c1-33-21-10-8-20(9-11-21)29-24(31)16-35-25-22(27)13-17(14-23(25)34-2)12-18(15-28)26(32)30-19-6-4-3-5-7-19/h3-14H,16H2,1-2H3,(H,29,31)(H,30,32)/b18-12+. The molecule has 2 N–H and O–H groups in total. The maximum absolute atomic E-state index is 12.5. The lowest BCUT2D eigenvalue weighted by Crippen LogP contribution is -2.20. The van der Waals surface area contributed by atoms with Crippen molar-refractivity contribution in [2.75, 3.05) is 31.5 Å². The fourth-order valence-corrected chi connectivity index (χ4v) is 3.28. The number of methoxy groups -OCH3 is 2. The summed E-state index contributed by atoms with van der Waals surface area (Å²) in [5, 5.41) is 15.0. The minimum Gasteiger partial charge on any atom is -0.497 e. The summed E-state index contributed by atoms with van der Waals surface area (Å²) in [6.45, 7) is -0.319. The number of carbonyl (C=O) groups excluding carboxylic acids is 2. The Morgan fingerprint density at radius 2 is 1.66 bits per heavy atom. The summed E-state index contributed by atoms with van der Waals surface area (Å²) < 4.78 is 16.0. The quantitative estimate of drug-likeness (QED) is 0.325. The number of nitriles is 1. The second kappa shape index (κ2) is 12.1. The third-order valence-corrected chi connectivity index (χ3v) is 4.96. The van der Waals surface area contributed by atoms with Gasteiger partial charge in [-0.1, -0.05) is 29.8 Å². The summed E-state index contributed by atoms with van der Waals surface area (Å²) in [5.74, 6) is 0.0955. The van der Waals surface area contributed by atoms with Crippen molar-refractivity contribution in [1.82, 2.24) is 0 Å². The molecule has 0 fully saturated rings. The molecule has 2 amide bonds. The number of hydrogen-bond donors (Lipinski definition) is 2. The van der Waals surface area contributed by atoms with E-state index in [0.29, 0.717) is 22.7 Å². The number of nitrogens with one attached hydrogen (secondary N) is 2. The van der Waals surface area contributed by atoms with Crippen molar-refractivity contribution >= 4 is 40.9 Å². The summed E-state index contributed by atoms with van der Waals surface area (Å²) in [6.07, 6.45) is 1.38. The van der Waals surface area contributed by atoms with Crippen LogP contribution in [0.3, 0.4) is 0 Å². The van der Waals surface area contributed by atoms with Crippen LogP contribution in [-0.4, -0.2) is 32.6 Å². The van der Waals surface area contributed by atoms with Gasteiger partial charge in [-0.05, 0) is 60.2 Å². The maximum Gasteiger partial charge on any atom is 0.266 e. The van der Waals surface area contributed by atoms with E-state index in [0.717, 1.165) is 0 Å². The van der Waals surface area contributed by atoms with E-state index in [-0.39, 0.29) is 28.7 Å². The molecule has 0 atom stereocenters. The molecule has 178 valence electrons. The highest BCUT2D eigenvalue weighted by molar-refractivity contribution is 6.32. The van der Waals surface area contributed by atoms with Gasteiger partial charge in [0, 0.05) is 11.4 Å². The number of anilines is 2. The Morgan fingerprint density at radius 3 is 2.29 bits per heavy atom. The molecule has 3 rings (SSSR count). The predicted molar refractivity (Wildman–Crippen MR) is 134 cm³/mol. The molecule has 0 saturated carbocycles. The van der Waals surface area contributed by atoms with Gasteiger partial charge in [-0.3, -0.25) is 9.59 Å². The molecular formula is C26H22ClN3O5. The van der Waals surface area contributed by atoms with Gasteiger partial charge in [-0.15, -0.1) is 0 Å². The number of para-hydroxylation sites is 1. The molecular weight excluding hydrogens is 470 g/mol. The van der Waals surface area contributed by atoms with Crippen LogP contribution in [0.25, 0.3) is 6.08 Å². The van der Waals surface area contributed by atoms with Gasteiger partial charge in [-0.25, -0.2) is 0 Å². The van der Waals surface area contributed by atoms with Crippen LogP contribution in [0.1, 0.15) is 5.56 Å². The van der Waals surface area contributed by atoms with Crippen molar-refractivity contribution in [2.24, 2.45) is 0 Å². The first-order chi connectivity index (χ1) is 16.9. The van der Waals surface area contributed by atoms with Gasteiger partial charge in [0.05, 0.1) is 19.2 Å². The lowest BCUT2D eigenvalue weighted by atomic mass is 10.1. The van der Waals surface area contributed by atoms with E-state index in [1.54, 1.807) is 61.7 Å². The smallest absolute Gasteiger partial charge is 0.266 e. The number of ether oxygens (including phenoxy) is 3. The van der Waals surface area contributed by atoms with Crippen LogP contribution in [0, 0.1) is 11.3 Å². The monoisotopic (exact) mass is 491 g/mol. The van der Waals surface area contributed by atoms with Crippen LogP contribution >= 0.6 is 11.6 Å². The van der Waals surface area contributed by atoms with Crippen LogP contribution in [0.4, 0.5) is 11.4 Å². The molecule has 9 heteroatoms. The number of amides is 2. The van der Waals surface area contributed by atoms with Crippen molar-refractivity contribution < 1.29 is 23.8 Å². The number of nitrogens with zero attached hydrogens (tertiary/aromatic N) is 1. The number of carbonyl (C=O) groups is 2. The summed E-state index contributed by atoms with van der Waals surface area (Å²) in [5.41, 5.74) is 1.46. The van der Waals surface area contributed by atoms with E-state index < -0.39 is 11.8 Å². The van der Waals surface area contributed by atoms with Crippen LogP contribution in [-0.2, 0) is 9.59 Å². The minimum absolute atomic E-state index is 0.125. The first-order valence-electron chi connectivity index (χ1n) is 10.4. The molecule has 35 heavy (non-hydrogen) atoms. The molecule has 0 radical (unpaired) electrons. The summed E-state index contributed by atoms with van der Waals surface area (Å²) in [6, 6.07) is 20.6. The molecule has 3 aromatic rings. The zero-order valence-electron chi connectivity index (χ0n) is 19.0. The van der Waals surface area contributed by atoms with Crippen LogP contribution in [0.2, 0.25) is 5.02 Å². The zero-order chi connectivity index (χ0) is 25.2. The van der Waals surface area contributed by atoms with Gasteiger partial charge in [0.2, 0.25) is 0 Å². The zero-order valence-corrected chi connectivity index (χ0v) is 19.8. The molecule has 3 aromatic carbocycles. The van der Waals surface area contributed by atoms with E-state index in [4.69, 9.17) is 25.8 Å². The molecule has 0 aliphatic carbocycles. The highest BCUT2D eigenvalue weighted by atomic mass is 35.5. The highest BCUT2D eigenvalue weighted by Gasteiger charge is 2.16. The molecule has 0 bridgehead atoms. The van der Waals surface area contributed by atoms with Gasteiger partial charge >= 0.3 is 0 Å². The number of benzene rings is 3. The molecule has 0 aliphatic rings. The van der Waals surface area contributed by atoms with Gasteiger partial charge in [0.15, 0.2) is 18.1 Å². The molecule has 0 aromatic heterocycles. The van der Waals surface area contributed by atoms with Crippen LogP contribution in [0.15, 0.2) is 72.3 Å². The fraction of sp³-hybridized carbons (Fsp3) is 0.115. The molecule has 0 spiro atoms. The topological polar surface area (TPSA) is 110 Å². The Kier molecular flexibility index (Phi) is 8.70. The third-order valence-electron chi connectivity index (χ3n) is 4.68. The second-order valence-electron chi connectivity index (χ2n) is 7.09. The number of rotatable bonds is 9. The molecule has 0 unspecified atom stereocenters. The molecule has 0 saturated heterocycles. The lowest BCUT2D eigenvalue weighted by molar-refractivity contribution is -0.118. The summed E-state index contributed by atoms with van der Waals surface area (Å²) in [7, 11) is 2.97. The second-order valence-corrected chi connectivity index (χ2v) is 7.50. The number of hydrogen-bond acceptors (Lipinski definition) is 6. The lowest BCUT2D eigenvalue weighted by Gasteiger charge is -2.14. The van der Waals surface area contributed by atoms with Crippen molar-refractivity contribution in [3.05, 3.63) is 82.9 Å².